The van der Waals surface area contributed by atoms with Crippen molar-refractivity contribution in [3.63, 3.8) is 0 Å². The third kappa shape index (κ3) is 2.93. The first-order valence-electron chi connectivity index (χ1n) is 6.37. The lowest BCUT2D eigenvalue weighted by atomic mass is 10.0. The molecular formula is C15H16N2O3. The van der Waals surface area contributed by atoms with Gasteiger partial charge in [-0.15, -0.1) is 0 Å². The Hall–Kier alpha value is -2.43. The van der Waals surface area contributed by atoms with Gasteiger partial charge in [-0.3, -0.25) is 10.1 Å². The van der Waals surface area contributed by atoms with E-state index in [9.17, 15) is 10.1 Å². The van der Waals surface area contributed by atoms with Gasteiger partial charge >= 0.3 is 5.69 Å². The molecule has 5 heteroatoms. The Morgan fingerprint density at radius 1 is 1.25 bits per heavy atom. The third-order valence-electron chi connectivity index (χ3n) is 3.08. The molecule has 0 aliphatic carbocycles. The topological polar surface area (TPSA) is 69.2 Å². The number of nitro groups is 1. The maximum atomic E-state index is 10.9. The van der Waals surface area contributed by atoms with Crippen LogP contribution in [0.4, 0.5) is 5.69 Å². The number of aromatic nitrogens is 1. The van der Waals surface area contributed by atoms with Gasteiger partial charge in [0.15, 0.2) is 5.69 Å². The summed E-state index contributed by atoms with van der Waals surface area (Å²) in [7, 11) is 0. The van der Waals surface area contributed by atoms with E-state index in [2.05, 4.69) is 19.0 Å². The molecule has 104 valence electrons. The summed E-state index contributed by atoms with van der Waals surface area (Å²) in [6.45, 7) is 5.79. The molecule has 0 fully saturated rings. The number of aryl methyl sites for hydroxylation is 1. The first-order valence-corrected chi connectivity index (χ1v) is 6.37. The lowest BCUT2D eigenvalue weighted by Crippen LogP contribution is -1.90. The van der Waals surface area contributed by atoms with E-state index in [1.165, 1.54) is 12.5 Å². The second kappa shape index (κ2) is 5.69. The van der Waals surface area contributed by atoms with Crippen molar-refractivity contribution in [3.8, 4) is 0 Å². The Morgan fingerprint density at radius 2 is 1.90 bits per heavy atom. The SMILES string of the molecule is Cc1onc(/C=C/c2ccc(C(C)C)cc2)c1[N+](=O)[O-]. The molecule has 0 bridgehead atoms. The van der Waals surface area contributed by atoms with Gasteiger partial charge < -0.3 is 4.52 Å². The van der Waals surface area contributed by atoms with Crippen molar-refractivity contribution in [2.45, 2.75) is 26.7 Å². The third-order valence-corrected chi connectivity index (χ3v) is 3.08. The number of benzene rings is 1. The van der Waals surface area contributed by atoms with Crippen LogP contribution >= 0.6 is 0 Å². The quantitative estimate of drug-likeness (QED) is 0.618. The molecule has 0 spiro atoms. The average molecular weight is 272 g/mol. The maximum Gasteiger partial charge on any atom is 0.338 e. The van der Waals surface area contributed by atoms with Crippen molar-refractivity contribution in [2.24, 2.45) is 0 Å². The summed E-state index contributed by atoms with van der Waals surface area (Å²) in [6, 6.07) is 8.05. The minimum absolute atomic E-state index is 0.0833. The fourth-order valence-corrected chi connectivity index (χ4v) is 1.88. The van der Waals surface area contributed by atoms with Crippen LogP contribution in [0.5, 0.6) is 0 Å². The van der Waals surface area contributed by atoms with Gasteiger partial charge in [-0.2, -0.15) is 0 Å². The second-order valence-corrected chi connectivity index (χ2v) is 4.88. The molecular weight excluding hydrogens is 256 g/mol. The molecule has 0 amide bonds. The second-order valence-electron chi connectivity index (χ2n) is 4.88. The van der Waals surface area contributed by atoms with Crippen LogP contribution < -0.4 is 0 Å². The molecule has 2 rings (SSSR count). The number of hydrogen-bond donors (Lipinski definition) is 0. The summed E-state index contributed by atoms with van der Waals surface area (Å²) in [4.78, 5) is 10.4. The van der Waals surface area contributed by atoms with Gasteiger partial charge in [0.05, 0.1) is 4.92 Å². The minimum Gasteiger partial charge on any atom is -0.354 e. The normalized spacial score (nSPS) is 11.4. The van der Waals surface area contributed by atoms with Crippen molar-refractivity contribution < 1.29 is 9.45 Å². The molecule has 2 aromatic rings. The lowest BCUT2D eigenvalue weighted by Gasteiger charge is -2.04. The molecule has 5 nitrogen and oxygen atoms in total. The summed E-state index contributed by atoms with van der Waals surface area (Å²) in [5, 5.41) is 14.6. The highest BCUT2D eigenvalue weighted by molar-refractivity contribution is 5.72. The Bertz CT molecular complexity index is 640. The summed E-state index contributed by atoms with van der Waals surface area (Å²) in [5.41, 5.74) is 2.37. The fourth-order valence-electron chi connectivity index (χ4n) is 1.88. The largest absolute Gasteiger partial charge is 0.354 e. The molecule has 0 aliphatic rings. The molecule has 1 aromatic carbocycles. The summed E-state index contributed by atoms with van der Waals surface area (Å²) in [6.07, 6.45) is 3.38. The van der Waals surface area contributed by atoms with Crippen LogP contribution in [0.3, 0.4) is 0 Å². The van der Waals surface area contributed by atoms with Crippen molar-refractivity contribution in [3.05, 3.63) is 57.0 Å². The zero-order chi connectivity index (χ0) is 14.7. The maximum absolute atomic E-state index is 10.9. The van der Waals surface area contributed by atoms with Crippen LogP contribution in [0, 0.1) is 17.0 Å². The molecule has 20 heavy (non-hydrogen) atoms. The first-order chi connectivity index (χ1) is 9.49. The highest BCUT2D eigenvalue weighted by Crippen LogP contribution is 2.24. The Labute approximate surface area is 117 Å². The predicted molar refractivity (Wildman–Crippen MR) is 77.4 cm³/mol. The van der Waals surface area contributed by atoms with Gasteiger partial charge in [0.25, 0.3) is 0 Å². The van der Waals surface area contributed by atoms with Crippen LogP contribution in [0.1, 0.15) is 42.3 Å². The molecule has 0 saturated heterocycles. The number of nitrogens with zero attached hydrogens (tertiary/aromatic N) is 2. The van der Waals surface area contributed by atoms with E-state index < -0.39 is 4.92 Å². The Morgan fingerprint density at radius 3 is 2.45 bits per heavy atom. The van der Waals surface area contributed by atoms with Gasteiger partial charge in [-0.25, -0.2) is 0 Å². The van der Waals surface area contributed by atoms with Crippen LogP contribution in [0.25, 0.3) is 12.2 Å². The van der Waals surface area contributed by atoms with Gasteiger partial charge in [0.2, 0.25) is 5.76 Å². The molecule has 0 saturated carbocycles. The molecule has 0 unspecified atom stereocenters. The molecule has 0 aliphatic heterocycles. The summed E-state index contributed by atoms with van der Waals surface area (Å²) in [5.74, 6) is 0.692. The highest BCUT2D eigenvalue weighted by Gasteiger charge is 2.21. The van der Waals surface area contributed by atoms with Crippen molar-refractivity contribution >= 4 is 17.8 Å². The van der Waals surface area contributed by atoms with Gasteiger partial charge in [0.1, 0.15) is 0 Å². The monoisotopic (exact) mass is 272 g/mol. The van der Waals surface area contributed by atoms with E-state index in [1.54, 1.807) is 12.2 Å². The number of hydrogen-bond acceptors (Lipinski definition) is 4. The van der Waals surface area contributed by atoms with Crippen LogP contribution in [0.2, 0.25) is 0 Å². The molecule has 1 heterocycles. The van der Waals surface area contributed by atoms with Crippen molar-refractivity contribution in [1.82, 2.24) is 5.16 Å². The molecule has 1 aromatic heterocycles. The average Bonchev–Trinajstić information content (AvgIpc) is 2.78. The number of rotatable bonds is 4. The first kappa shape index (κ1) is 14.0. The van der Waals surface area contributed by atoms with E-state index >= 15 is 0 Å². The van der Waals surface area contributed by atoms with Crippen LogP contribution in [-0.4, -0.2) is 10.1 Å². The van der Waals surface area contributed by atoms with E-state index in [4.69, 9.17) is 4.52 Å². The van der Waals surface area contributed by atoms with Gasteiger partial charge in [0, 0.05) is 6.92 Å². The van der Waals surface area contributed by atoms with E-state index in [1.807, 2.05) is 24.3 Å². The van der Waals surface area contributed by atoms with Crippen molar-refractivity contribution in [1.29, 1.82) is 0 Å². The fraction of sp³-hybridized carbons (Fsp3) is 0.267. The lowest BCUT2D eigenvalue weighted by molar-refractivity contribution is -0.386. The Kier molecular flexibility index (Phi) is 3.98. The summed E-state index contributed by atoms with van der Waals surface area (Å²) < 4.78 is 4.85. The smallest absolute Gasteiger partial charge is 0.338 e. The molecule has 0 N–H and O–H groups in total. The van der Waals surface area contributed by atoms with E-state index in [0.29, 0.717) is 5.92 Å². The highest BCUT2D eigenvalue weighted by atomic mass is 16.6. The van der Waals surface area contributed by atoms with E-state index in [0.717, 1.165) is 5.56 Å². The van der Waals surface area contributed by atoms with Gasteiger partial charge in [-0.1, -0.05) is 49.3 Å². The zero-order valence-electron chi connectivity index (χ0n) is 11.7. The van der Waals surface area contributed by atoms with Crippen LogP contribution in [0.15, 0.2) is 28.8 Å². The predicted octanol–water partition coefficient (Wildman–Crippen LogP) is 4.19. The van der Waals surface area contributed by atoms with Crippen LogP contribution in [-0.2, 0) is 0 Å². The zero-order valence-corrected chi connectivity index (χ0v) is 11.7. The van der Waals surface area contributed by atoms with E-state index in [-0.39, 0.29) is 17.1 Å². The van der Waals surface area contributed by atoms with Crippen molar-refractivity contribution in [2.75, 3.05) is 0 Å². The summed E-state index contributed by atoms with van der Waals surface area (Å²) >= 11 is 0. The van der Waals surface area contributed by atoms with Gasteiger partial charge in [-0.05, 0) is 23.1 Å². The molecule has 0 radical (unpaired) electrons. The Balaban J connectivity index is 2.23. The minimum atomic E-state index is -0.479. The standard InChI is InChI=1S/C15H16N2O3/c1-10(2)13-7-4-12(5-8-13)6-9-14-15(17(18)19)11(3)20-16-14/h4-10H,1-3H3/b9-6+. The molecule has 0 atom stereocenters.